The molecule has 100 valence electrons. The first-order chi connectivity index (χ1) is 8.59. The van der Waals surface area contributed by atoms with Crippen molar-refractivity contribution in [1.82, 2.24) is 9.88 Å². The Hall–Kier alpha value is -1.09. The Morgan fingerprint density at radius 2 is 1.94 bits per heavy atom. The number of pyridine rings is 1. The SMILES string of the molecule is Cc1cnc(CN(C)C2CCCCC2)c(C)c1N. The number of nitrogens with two attached hydrogens (primary N) is 1. The molecule has 0 amide bonds. The van der Waals surface area contributed by atoms with E-state index in [2.05, 4.69) is 23.9 Å². The van der Waals surface area contributed by atoms with Gasteiger partial charge in [-0.15, -0.1) is 0 Å². The molecule has 1 aliphatic carbocycles. The van der Waals surface area contributed by atoms with Gasteiger partial charge in [0, 0.05) is 24.5 Å². The minimum Gasteiger partial charge on any atom is -0.398 e. The Morgan fingerprint density at radius 1 is 1.28 bits per heavy atom. The summed E-state index contributed by atoms with van der Waals surface area (Å²) in [6.07, 6.45) is 8.70. The maximum Gasteiger partial charge on any atom is 0.0593 e. The summed E-state index contributed by atoms with van der Waals surface area (Å²) in [5, 5.41) is 0. The quantitative estimate of drug-likeness (QED) is 0.892. The number of hydrogen-bond donors (Lipinski definition) is 1. The van der Waals surface area contributed by atoms with Gasteiger partial charge in [0.1, 0.15) is 0 Å². The minimum atomic E-state index is 0.725. The summed E-state index contributed by atoms with van der Waals surface area (Å²) in [6, 6.07) is 0.725. The lowest BCUT2D eigenvalue weighted by molar-refractivity contribution is 0.182. The fraction of sp³-hybridized carbons (Fsp3) is 0.667. The van der Waals surface area contributed by atoms with Crippen molar-refractivity contribution in [3.63, 3.8) is 0 Å². The lowest BCUT2D eigenvalue weighted by Gasteiger charge is -2.31. The van der Waals surface area contributed by atoms with Crippen LogP contribution in [-0.2, 0) is 6.54 Å². The van der Waals surface area contributed by atoms with E-state index in [0.717, 1.165) is 35.1 Å². The van der Waals surface area contributed by atoms with Crippen LogP contribution < -0.4 is 5.73 Å². The molecule has 1 heterocycles. The number of rotatable bonds is 3. The van der Waals surface area contributed by atoms with E-state index in [1.807, 2.05) is 13.1 Å². The van der Waals surface area contributed by atoms with Crippen LogP contribution in [0.1, 0.15) is 48.9 Å². The number of nitrogen functional groups attached to an aromatic ring is 1. The van der Waals surface area contributed by atoms with E-state index < -0.39 is 0 Å². The first kappa shape index (κ1) is 13.3. The number of aromatic nitrogens is 1. The zero-order chi connectivity index (χ0) is 13.1. The van der Waals surface area contributed by atoms with E-state index >= 15 is 0 Å². The zero-order valence-electron chi connectivity index (χ0n) is 11.9. The first-order valence-electron chi connectivity index (χ1n) is 7.00. The van der Waals surface area contributed by atoms with Crippen molar-refractivity contribution in [2.24, 2.45) is 0 Å². The maximum atomic E-state index is 6.08. The van der Waals surface area contributed by atoms with Gasteiger partial charge in [-0.25, -0.2) is 0 Å². The second-order valence-electron chi connectivity index (χ2n) is 5.63. The highest BCUT2D eigenvalue weighted by molar-refractivity contribution is 5.53. The highest BCUT2D eigenvalue weighted by atomic mass is 15.1. The Bertz CT molecular complexity index is 408. The van der Waals surface area contributed by atoms with Crippen LogP contribution in [0.3, 0.4) is 0 Å². The minimum absolute atomic E-state index is 0.725. The van der Waals surface area contributed by atoms with Gasteiger partial charge in [0.25, 0.3) is 0 Å². The van der Waals surface area contributed by atoms with Gasteiger partial charge in [-0.3, -0.25) is 9.88 Å². The predicted molar refractivity (Wildman–Crippen MR) is 76.5 cm³/mol. The molecule has 1 fully saturated rings. The van der Waals surface area contributed by atoms with Crippen molar-refractivity contribution in [3.8, 4) is 0 Å². The summed E-state index contributed by atoms with van der Waals surface area (Å²) in [6.45, 7) is 5.02. The maximum absolute atomic E-state index is 6.08. The Balaban J connectivity index is 2.06. The average molecular weight is 247 g/mol. The zero-order valence-corrected chi connectivity index (χ0v) is 11.9. The molecule has 3 heteroatoms. The number of aryl methyl sites for hydroxylation is 1. The van der Waals surface area contributed by atoms with Crippen LogP contribution in [0.2, 0.25) is 0 Å². The van der Waals surface area contributed by atoms with Crippen LogP contribution in [0.4, 0.5) is 5.69 Å². The highest BCUT2D eigenvalue weighted by Crippen LogP contribution is 2.24. The van der Waals surface area contributed by atoms with Crippen LogP contribution in [-0.4, -0.2) is 23.0 Å². The van der Waals surface area contributed by atoms with Gasteiger partial charge in [-0.1, -0.05) is 19.3 Å². The van der Waals surface area contributed by atoms with Gasteiger partial charge in [-0.2, -0.15) is 0 Å². The molecule has 2 N–H and O–H groups in total. The lowest BCUT2D eigenvalue weighted by Crippen LogP contribution is -2.33. The van der Waals surface area contributed by atoms with Gasteiger partial charge in [0.2, 0.25) is 0 Å². The molecule has 0 atom stereocenters. The van der Waals surface area contributed by atoms with Crippen LogP contribution in [0, 0.1) is 13.8 Å². The third kappa shape index (κ3) is 2.83. The summed E-state index contributed by atoms with van der Waals surface area (Å²) in [5.74, 6) is 0. The third-order valence-corrected chi connectivity index (χ3v) is 4.27. The molecule has 1 aromatic heterocycles. The van der Waals surface area contributed by atoms with Gasteiger partial charge >= 0.3 is 0 Å². The fourth-order valence-electron chi connectivity index (χ4n) is 2.84. The highest BCUT2D eigenvalue weighted by Gasteiger charge is 2.19. The molecule has 0 spiro atoms. The monoisotopic (exact) mass is 247 g/mol. The number of hydrogen-bond acceptors (Lipinski definition) is 3. The summed E-state index contributed by atoms with van der Waals surface area (Å²) in [7, 11) is 2.22. The molecule has 18 heavy (non-hydrogen) atoms. The van der Waals surface area contributed by atoms with Crippen molar-refractivity contribution < 1.29 is 0 Å². The molecule has 1 aliphatic rings. The standard InChI is InChI=1S/C15H25N3/c1-11-9-17-14(12(2)15(11)16)10-18(3)13-7-5-4-6-8-13/h9,13H,4-8,10H2,1-3H3,(H2,16,17). The van der Waals surface area contributed by atoms with Crippen molar-refractivity contribution in [2.75, 3.05) is 12.8 Å². The van der Waals surface area contributed by atoms with E-state index in [1.54, 1.807) is 0 Å². The van der Waals surface area contributed by atoms with Gasteiger partial charge < -0.3 is 5.73 Å². The summed E-state index contributed by atoms with van der Waals surface area (Å²) in [4.78, 5) is 7.00. The van der Waals surface area contributed by atoms with Gasteiger partial charge in [0.15, 0.2) is 0 Å². The second-order valence-corrected chi connectivity index (χ2v) is 5.63. The van der Waals surface area contributed by atoms with Crippen LogP contribution in [0.5, 0.6) is 0 Å². The fourth-order valence-corrected chi connectivity index (χ4v) is 2.84. The largest absolute Gasteiger partial charge is 0.398 e. The van der Waals surface area contributed by atoms with Crippen molar-refractivity contribution >= 4 is 5.69 Å². The smallest absolute Gasteiger partial charge is 0.0593 e. The molecule has 0 aromatic carbocycles. The molecular weight excluding hydrogens is 222 g/mol. The van der Waals surface area contributed by atoms with Crippen molar-refractivity contribution in [2.45, 2.75) is 58.5 Å². The summed E-state index contributed by atoms with van der Waals surface area (Å²) < 4.78 is 0. The number of nitrogens with zero attached hydrogens (tertiary/aromatic N) is 2. The molecule has 0 radical (unpaired) electrons. The Kier molecular flexibility index (Phi) is 4.23. The molecule has 0 bridgehead atoms. The predicted octanol–water partition coefficient (Wildman–Crippen LogP) is 3.05. The van der Waals surface area contributed by atoms with Crippen molar-refractivity contribution in [3.05, 3.63) is 23.0 Å². The Morgan fingerprint density at radius 3 is 2.61 bits per heavy atom. The van der Waals surface area contributed by atoms with E-state index in [1.165, 1.54) is 32.1 Å². The average Bonchev–Trinajstić information content (AvgIpc) is 2.40. The van der Waals surface area contributed by atoms with Gasteiger partial charge in [-0.05, 0) is 44.9 Å². The molecule has 0 aliphatic heterocycles. The van der Waals surface area contributed by atoms with E-state index in [0.29, 0.717) is 0 Å². The van der Waals surface area contributed by atoms with E-state index in [4.69, 9.17) is 5.73 Å². The number of anilines is 1. The summed E-state index contributed by atoms with van der Waals surface area (Å²) >= 11 is 0. The molecule has 0 unspecified atom stereocenters. The molecule has 2 rings (SSSR count). The topological polar surface area (TPSA) is 42.2 Å². The normalized spacial score (nSPS) is 17.3. The van der Waals surface area contributed by atoms with Crippen LogP contribution in [0.25, 0.3) is 0 Å². The molecule has 1 saturated carbocycles. The lowest BCUT2D eigenvalue weighted by atomic mass is 9.94. The van der Waals surface area contributed by atoms with E-state index in [-0.39, 0.29) is 0 Å². The van der Waals surface area contributed by atoms with E-state index in [9.17, 15) is 0 Å². The molecule has 0 saturated heterocycles. The van der Waals surface area contributed by atoms with Crippen LogP contribution in [0.15, 0.2) is 6.20 Å². The molecule has 3 nitrogen and oxygen atoms in total. The first-order valence-corrected chi connectivity index (χ1v) is 7.00. The van der Waals surface area contributed by atoms with Gasteiger partial charge in [0.05, 0.1) is 5.69 Å². The third-order valence-electron chi connectivity index (χ3n) is 4.27. The molecule has 1 aromatic rings. The van der Waals surface area contributed by atoms with Crippen molar-refractivity contribution in [1.29, 1.82) is 0 Å². The summed E-state index contributed by atoms with van der Waals surface area (Å²) in [5.41, 5.74) is 10.3. The second kappa shape index (κ2) is 5.70. The Labute approximate surface area is 110 Å². The molecular formula is C15H25N3. The van der Waals surface area contributed by atoms with Crippen LogP contribution >= 0.6 is 0 Å².